The highest BCUT2D eigenvalue weighted by Gasteiger charge is 2.15. The van der Waals surface area contributed by atoms with E-state index in [2.05, 4.69) is 48.5 Å². The molecule has 3 aromatic heterocycles. The van der Waals surface area contributed by atoms with Gasteiger partial charge in [0.2, 0.25) is 5.95 Å². The number of hydrogen-bond acceptors (Lipinski definition) is 8. The maximum Gasteiger partial charge on any atom is 0.251 e. The number of imidazole rings is 1. The fourth-order valence-corrected chi connectivity index (χ4v) is 5.68. The molecule has 0 bridgehead atoms. The van der Waals surface area contributed by atoms with Gasteiger partial charge in [0.1, 0.15) is 5.69 Å². The maximum absolute atomic E-state index is 12.6. The summed E-state index contributed by atoms with van der Waals surface area (Å²) in [5, 5.41) is 7.86. The molecule has 4 aromatic rings. The molecular weight excluding hydrogens is 508 g/mol. The van der Waals surface area contributed by atoms with Crippen LogP contribution >= 0.6 is 22.9 Å². The molecule has 9 nitrogen and oxygen atoms in total. The molecule has 0 spiro atoms. The highest BCUT2D eigenvalue weighted by molar-refractivity contribution is 7.22. The summed E-state index contributed by atoms with van der Waals surface area (Å²) in [6.45, 7) is 6.91. The Balaban J connectivity index is 1.20. The number of carbonyl (C=O) groups is 1. The molecule has 0 atom stereocenters. The summed E-state index contributed by atoms with van der Waals surface area (Å²) in [4.78, 5) is 34.6. The summed E-state index contributed by atoms with van der Waals surface area (Å²) < 4.78 is 1.01. The van der Waals surface area contributed by atoms with E-state index in [4.69, 9.17) is 16.6 Å². The first-order chi connectivity index (χ1) is 18.0. The highest BCUT2D eigenvalue weighted by Crippen LogP contribution is 2.36. The Morgan fingerprint density at radius 1 is 1.16 bits per heavy atom. The summed E-state index contributed by atoms with van der Waals surface area (Å²) in [7, 11) is 2.17. The molecule has 1 aliphatic rings. The van der Waals surface area contributed by atoms with Gasteiger partial charge in [0.25, 0.3) is 5.91 Å². The number of aromatic amines is 1. The van der Waals surface area contributed by atoms with Gasteiger partial charge in [0, 0.05) is 67.8 Å². The van der Waals surface area contributed by atoms with Crippen molar-refractivity contribution < 1.29 is 4.79 Å². The van der Waals surface area contributed by atoms with Gasteiger partial charge in [0.15, 0.2) is 0 Å². The minimum absolute atomic E-state index is 0.0977. The Morgan fingerprint density at radius 3 is 2.84 bits per heavy atom. The predicted molar refractivity (Wildman–Crippen MR) is 150 cm³/mol. The van der Waals surface area contributed by atoms with Crippen molar-refractivity contribution in [2.75, 3.05) is 58.2 Å². The third-order valence-electron chi connectivity index (χ3n) is 6.52. The van der Waals surface area contributed by atoms with Crippen LogP contribution < -0.4 is 10.6 Å². The van der Waals surface area contributed by atoms with Crippen LogP contribution in [0.4, 0.5) is 5.95 Å². The molecule has 1 amide bonds. The third kappa shape index (κ3) is 6.64. The molecule has 37 heavy (non-hydrogen) atoms. The zero-order chi connectivity index (χ0) is 25.6. The summed E-state index contributed by atoms with van der Waals surface area (Å²) >= 11 is 8.05. The first kappa shape index (κ1) is 25.6. The second kappa shape index (κ2) is 12.0. The minimum atomic E-state index is -0.0977. The molecule has 0 aliphatic carbocycles. The fourth-order valence-electron chi connectivity index (χ4n) is 4.32. The van der Waals surface area contributed by atoms with Gasteiger partial charge in [-0.15, -0.1) is 11.3 Å². The fraction of sp³-hybridized carbons (Fsp3) is 0.385. The summed E-state index contributed by atoms with van der Waals surface area (Å²) in [5.74, 6) is 0.479. The van der Waals surface area contributed by atoms with Crippen LogP contribution in [0.3, 0.4) is 0 Å². The largest absolute Gasteiger partial charge is 0.354 e. The lowest BCUT2D eigenvalue weighted by molar-refractivity contribution is 0.0954. The third-order valence-corrected chi connectivity index (χ3v) is 7.91. The second-order valence-electron chi connectivity index (χ2n) is 9.26. The molecule has 1 saturated heterocycles. The molecule has 0 radical (unpaired) electrons. The quantitative estimate of drug-likeness (QED) is 0.264. The first-order valence-corrected chi connectivity index (χ1v) is 13.7. The lowest BCUT2D eigenvalue weighted by Crippen LogP contribution is -2.44. The van der Waals surface area contributed by atoms with E-state index in [9.17, 15) is 4.79 Å². The van der Waals surface area contributed by atoms with Crippen LogP contribution in [-0.4, -0.2) is 88.5 Å². The summed E-state index contributed by atoms with van der Waals surface area (Å²) in [5.41, 5.74) is 2.32. The number of H-pyrrole nitrogens is 1. The molecule has 194 valence electrons. The minimum Gasteiger partial charge on any atom is -0.354 e. The zero-order valence-electron chi connectivity index (χ0n) is 20.8. The van der Waals surface area contributed by atoms with Crippen LogP contribution in [0.2, 0.25) is 5.02 Å². The highest BCUT2D eigenvalue weighted by atomic mass is 35.5. The van der Waals surface area contributed by atoms with Crippen molar-refractivity contribution in [2.24, 2.45) is 0 Å². The smallest absolute Gasteiger partial charge is 0.251 e. The molecule has 0 unspecified atom stereocenters. The average Bonchev–Trinajstić information content (AvgIpc) is 3.58. The van der Waals surface area contributed by atoms with E-state index in [0.29, 0.717) is 35.2 Å². The lowest BCUT2D eigenvalue weighted by Gasteiger charge is -2.32. The number of thiophene rings is 1. The molecule has 3 N–H and O–H groups in total. The van der Waals surface area contributed by atoms with Crippen molar-refractivity contribution >= 4 is 44.9 Å². The van der Waals surface area contributed by atoms with Gasteiger partial charge >= 0.3 is 0 Å². The maximum atomic E-state index is 12.6. The number of amides is 1. The number of nitrogens with one attached hydrogen (secondary N) is 3. The van der Waals surface area contributed by atoms with Gasteiger partial charge in [-0.2, -0.15) is 0 Å². The van der Waals surface area contributed by atoms with Gasteiger partial charge in [-0.25, -0.2) is 15.0 Å². The van der Waals surface area contributed by atoms with E-state index in [1.807, 2.05) is 18.2 Å². The van der Waals surface area contributed by atoms with Gasteiger partial charge in [-0.05, 0) is 43.6 Å². The topological polar surface area (TPSA) is 102 Å². The summed E-state index contributed by atoms with van der Waals surface area (Å²) in [6, 6.07) is 7.79. The molecule has 1 fully saturated rings. The van der Waals surface area contributed by atoms with Crippen molar-refractivity contribution in [1.82, 2.24) is 35.1 Å². The van der Waals surface area contributed by atoms with Crippen LogP contribution in [0, 0.1) is 0 Å². The number of rotatable bonds is 10. The number of benzene rings is 1. The molecule has 1 aliphatic heterocycles. The number of aromatic nitrogens is 4. The van der Waals surface area contributed by atoms with E-state index in [1.165, 1.54) is 0 Å². The molecular formula is C26H31ClN8OS. The Labute approximate surface area is 225 Å². The lowest BCUT2D eigenvalue weighted by atomic mass is 10.1. The Bertz CT molecular complexity index is 1330. The second-order valence-corrected chi connectivity index (χ2v) is 10.8. The van der Waals surface area contributed by atoms with Crippen molar-refractivity contribution in [3.05, 3.63) is 59.3 Å². The van der Waals surface area contributed by atoms with Crippen LogP contribution in [0.25, 0.3) is 20.7 Å². The number of hydrogen-bond donors (Lipinski definition) is 3. The Kier molecular flexibility index (Phi) is 8.30. The number of anilines is 1. The predicted octanol–water partition coefficient (Wildman–Crippen LogP) is 3.76. The van der Waals surface area contributed by atoms with E-state index in [0.717, 1.165) is 66.3 Å². The van der Waals surface area contributed by atoms with Crippen molar-refractivity contribution in [2.45, 2.75) is 12.8 Å². The van der Waals surface area contributed by atoms with Crippen LogP contribution in [0.15, 0.2) is 43.0 Å². The number of halogens is 1. The van der Waals surface area contributed by atoms with Crippen LogP contribution in [0.5, 0.6) is 0 Å². The van der Waals surface area contributed by atoms with Gasteiger partial charge in [-0.3, -0.25) is 4.79 Å². The number of carbonyl (C=O) groups excluding carboxylic acids is 1. The van der Waals surface area contributed by atoms with E-state index in [1.54, 1.807) is 30.1 Å². The Morgan fingerprint density at radius 2 is 2.03 bits per heavy atom. The number of nitrogens with zero attached hydrogens (tertiary/aromatic N) is 5. The molecule has 5 rings (SSSR count). The monoisotopic (exact) mass is 538 g/mol. The van der Waals surface area contributed by atoms with Crippen molar-refractivity contribution in [3.63, 3.8) is 0 Å². The number of likely N-dealkylation sites (N-methyl/N-ethyl adjacent to an activating group) is 1. The Hall–Kier alpha value is -3.05. The standard InChI is InChI=1S/C26H31ClN8OS/c1-34-9-11-35(12-10-34)8-2-6-30-26-31-16-21(27)24(33-26)23-13-18-3-4-19(14-22(18)37-23)25(36)29-7-5-20-15-28-17-32-20/h3-4,13-17H,2,5-12H2,1H3,(H,28,32)(H,29,36)(H,30,31,33). The SMILES string of the molecule is CN1CCN(CCCNc2ncc(Cl)c(-c3cc4ccc(C(=O)NCCc5cnc[nH]5)cc4s3)n2)CC1. The van der Waals surface area contributed by atoms with E-state index in [-0.39, 0.29) is 5.91 Å². The van der Waals surface area contributed by atoms with Gasteiger partial charge in [0.05, 0.1) is 22.4 Å². The van der Waals surface area contributed by atoms with E-state index < -0.39 is 0 Å². The normalized spacial score (nSPS) is 14.8. The summed E-state index contributed by atoms with van der Waals surface area (Å²) in [6.07, 6.45) is 6.78. The first-order valence-electron chi connectivity index (χ1n) is 12.5. The number of fused-ring (bicyclic) bond motifs is 1. The molecule has 0 saturated carbocycles. The van der Waals surface area contributed by atoms with Gasteiger partial charge in [-0.1, -0.05) is 17.7 Å². The van der Waals surface area contributed by atoms with Crippen molar-refractivity contribution in [3.8, 4) is 10.6 Å². The van der Waals surface area contributed by atoms with Crippen molar-refractivity contribution in [1.29, 1.82) is 0 Å². The molecule has 4 heterocycles. The van der Waals surface area contributed by atoms with E-state index >= 15 is 0 Å². The molecule has 1 aromatic carbocycles. The van der Waals surface area contributed by atoms with Crippen LogP contribution in [-0.2, 0) is 6.42 Å². The van der Waals surface area contributed by atoms with Gasteiger partial charge < -0.3 is 25.4 Å². The zero-order valence-corrected chi connectivity index (χ0v) is 22.4. The molecule has 11 heteroatoms. The number of piperazine rings is 1. The van der Waals surface area contributed by atoms with Crippen LogP contribution in [0.1, 0.15) is 22.5 Å². The average molecular weight is 539 g/mol.